The average Bonchev–Trinajstić information content (AvgIpc) is 2.28. The van der Waals surface area contributed by atoms with Gasteiger partial charge in [0.05, 0.1) is 0 Å². The molecule has 0 heterocycles. The molecule has 0 radical (unpaired) electrons. The number of hydrogen-bond acceptors (Lipinski definition) is 1. The molecule has 94 valence electrons. The van der Waals surface area contributed by atoms with Crippen molar-refractivity contribution in [3.05, 3.63) is 40.7 Å². The van der Waals surface area contributed by atoms with E-state index in [1.807, 2.05) is 0 Å². The summed E-state index contributed by atoms with van der Waals surface area (Å²) in [5.74, 6) is -11.4. The van der Waals surface area contributed by atoms with Crippen LogP contribution in [0.4, 0.5) is 22.0 Å². The molecule has 0 amide bonds. The molecule has 0 aliphatic rings. The zero-order valence-electron chi connectivity index (χ0n) is 9.08. The zero-order valence-corrected chi connectivity index (χ0v) is 9.08. The van der Waals surface area contributed by atoms with Crippen molar-refractivity contribution in [3.63, 3.8) is 0 Å². The molecular formula is C11H9F5O. The Morgan fingerprint density at radius 3 is 1.71 bits per heavy atom. The lowest BCUT2D eigenvalue weighted by molar-refractivity contribution is 0.287. The molecule has 0 atom stereocenters. The molecule has 1 nitrogen and oxygen atoms in total. The Hall–Kier alpha value is -1.59. The molecule has 0 saturated heterocycles. The Balaban J connectivity index is 3.12. The Kier molecular flexibility index (Phi) is 4.09. The van der Waals surface area contributed by atoms with Gasteiger partial charge in [0.25, 0.3) is 0 Å². The van der Waals surface area contributed by atoms with Crippen molar-refractivity contribution in [2.24, 2.45) is 0 Å². The highest BCUT2D eigenvalue weighted by Crippen LogP contribution is 2.28. The van der Waals surface area contributed by atoms with Gasteiger partial charge in [0.1, 0.15) is 6.61 Å². The van der Waals surface area contributed by atoms with Crippen LogP contribution in [0, 0.1) is 29.1 Å². The van der Waals surface area contributed by atoms with Gasteiger partial charge in [-0.15, -0.1) is 0 Å². The van der Waals surface area contributed by atoms with Crippen molar-refractivity contribution in [2.45, 2.75) is 13.8 Å². The minimum absolute atomic E-state index is 0.277. The van der Waals surface area contributed by atoms with Crippen molar-refractivity contribution < 1.29 is 26.7 Å². The van der Waals surface area contributed by atoms with Gasteiger partial charge in [-0.05, 0) is 19.9 Å². The minimum atomic E-state index is -2.20. The van der Waals surface area contributed by atoms with Gasteiger partial charge >= 0.3 is 0 Å². The monoisotopic (exact) mass is 252 g/mol. The number of ether oxygens (including phenoxy) is 1. The van der Waals surface area contributed by atoms with Crippen LogP contribution in [0.5, 0.6) is 5.75 Å². The standard InChI is InChI=1S/C11H9F5O/c1-5(2)3-4-17-11-9(15)7(13)6(12)8(14)10(11)16/h3H,4H2,1-2H3. The second kappa shape index (κ2) is 5.16. The molecule has 6 heteroatoms. The lowest BCUT2D eigenvalue weighted by atomic mass is 10.2. The maximum Gasteiger partial charge on any atom is 0.207 e. The molecule has 0 bridgehead atoms. The summed E-state index contributed by atoms with van der Waals surface area (Å²) < 4.78 is 68.8. The molecule has 1 aromatic rings. The van der Waals surface area contributed by atoms with Gasteiger partial charge in [-0.1, -0.05) is 5.57 Å². The van der Waals surface area contributed by atoms with Crippen LogP contribution in [-0.2, 0) is 0 Å². The van der Waals surface area contributed by atoms with Crippen molar-refractivity contribution in [1.29, 1.82) is 0 Å². The van der Waals surface area contributed by atoms with Crippen molar-refractivity contribution in [3.8, 4) is 5.75 Å². The Bertz CT molecular complexity index is 434. The Morgan fingerprint density at radius 2 is 1.29 bits per heavy atom. The van der Waals surface area contributed by atoms with Crippen LogP contribution in [0.1, 0.15) is 13.8 Å². The van der Waals surface area contributed by atoms with Crippen LogP contribution >= 0.6 is 0 Å². The first-order valence-electron chi connectivity index (χ1n) is 4.63. The molecule has 0 fully saturated rings. The molecule has 0 N–H and O–H groups in total. The fourth-order valence-electron chi connectivity index (χ4n) is 1.00. The van der Waals surface area contributed by atoms with E-state index >= 15 is 0 Å². The fraction of sp³-hybridized carbons (Fsp3) is 0.273. The maximum atomic E-state index is 13.1. The van der Waals surface area contributed by atoms with Gasteiger partial charge in [0.2, 0.25) is 29.1 Å². The number of halogens is 5. The molecule has 0 aromatic heterocycles. The van der Waals surface area contributed by atoms with Gasteiger partial charge in [0, 0.05) is 0 Å². The molecule has 1 aromatic carbocycles. The van der Waals surface area contributed by atoms with Crippen LogP contribution in [0.25, 0.3) is 0 Å². The number of hydrogen-bond donors (Lipinski definition) is 0. The number of benzene rings is 1. The van der Waals surface area contributed by atoms with Gasteiger partial charge in [0.15, 0.2) is 5.75 Å². The Labute approximate surface area is 94.5 Å². The van der Waals surface area contributed by atoms with Crippen molar-refractivity contribution in [1.82, 2.24) is 0 Å². The summed E-state index contributed by atoms with van der Waals surface area (Å²) in [5, 5.41) is 0. The smallest absolute Gasteiger partial charge is 0.207 e. The normalized spacial score (nSPS) is 10.3. The first kappa shape index (κ1) is 13.5. The van der Waals surface area contributed by atoms with E-state index in [0.717, 1.165) is 5.57 Å². The quantitative estimate of drug-likeness (QED) is 0.345. The van der Waals surface area contributed by atoms with E-state index in [1.165, 1.54) is 6.08 Å². The van der Waals surface area contributed by atoms with E-state index in [4.69, 9.17) is 0 Å². The maximum absolute atomic E-state index is 13.1. The minimum Gasteiger partial charge on any atom is -0.483 e. The van der Waals surface area contributed by atoms with E-state index < -0.39 is 34.8 Å². The van der Waals surface area contributed by atoms with Gasteiger partial charge in [-0.3, -0.25) is 0 Å². The third-order valence-corrected chi connectivity index (χ3v) is 1.89. The van der Waals surface area contributed by atoms with Crippen LogP contribution in [-0.4, -0.2) is 6.61 Å². The van der Waals surface area contributed by atoms with Crippen LogP contribution in [0.3, 0.4) is 0 Å². The first-order chi connectivity index (χ1) is 7.86. The third kappa shape index (κ3) is 2.75. The number of rotatable bonds is 3. The van der Waals surface area contributed by atoms with Crippen LogP contribution in [0.15, 0.2) is 11.6 Å². The molecule has 17 heavy (non-hydrogen) atoms. The predicted octanol–water partition coefficient (Wildman–Crippen LogP) is 3.73. The van der Waals surface area contributed by atoms with E-state index in [9.17, 15) is 22.0 Å². The zero-order chi connectivity index (χ0) is 13.2. The second-order valence-corrected chi connectivity index (χ2v) is 3.49. The van der Waals surface area contributed by atoms with E-state index in [0.29, 0.717) is 0 Å². The second-order valence-electron chi connectivity index (χ2n) is 3.49. The van der Waals surface area contributed by atoms with Crippen LogP contribution < -0.4 is 4.74 Å². The summed E-state index contributed by atoms with van der Waals surface area (Å²) in [6.07, 6.45) is 1.44. The molecule has 0 saturated carbocycles. The lowest BCUT2D eigenvalue weighted by Gasteiger charge is -2.08. The highest BCUT2D eigenvalue weighted by atomic mass is 19.2. The van der Waals surface area contributed by atoms with E-state index in [1.54, 1.807) is 13.8 Å². The lowest BCUT2D eigenvalue weighted by Crippen LogP contribution is -2.07. The van der Waals surface area contributed by atoms with E-state index in [-0.39, 0.29) is 6.61 Å². The molecule has 0 unspecified atom stereocenters. The number of allylic oxidation sites excluding steroid dienone is 1. The topological polar surface area (TPSA) is 9.23 Å². The fourth-order valence-corrected chi connectivity index (χ4v) is 1.00. The van der Waals surface area contributed by atoms with Crippen molar-refractivity contribution >= 4 is 0 Å². The predicted molar refractivity (Wildman–Crippen MR) is 51.2 cm³/mol. The average molecular weight is 252 g/mol. The molecular weight excluding hydrogens is 243 g/mol. The first-order valence-corrected chi connectivity index (χ1v) is 4.63. The van der Waals surface area contributed by atoms with Gasteiger partial charge in [-0.2, -0.15) is 8.78 Å². The van der Waals surface area contributed by atoms with Crippen LogP contribution in [0.2, 0.25) is 0 Å². The third-order valence-electron chi connectivity index (χ3n) is 1.89. The highest BCUT2D eigenvalue weighted by Gasteiger charge is 2.26. The molecule has 1 rings (SSSR count). The molecule has 0 aliphatic heterocycles. The molecule has 0 aliphatic carbocycles. The summed E-state index contributed by atoms with van der Waals surface area (Å²) in [6, 6.07) is 0. The summed E-state index contributed by atoms with van der Waals surface area (Å²) in [7, 11) is 0. The summed E-state index contributed by atoms with van der Waals surface area (Å²) in [6.45, 7) is 3.12. The highest BCUT2D eigenvalue weighted by molar-refractivity contribution is 5.29. The van der Waals surface area contributed by atoms with Crippen molar-refractivity contribution in [2.75, 3.05) is 6.61 Å². The summed E-state index contributed by atoms with van der Waals surface area (Å²) in [5.41, 5.74) is 0.786. The summed E-state index contributed by atoms with van der Waals surface area (Å²) in [4.78, 5) is 0. The largest absolute Gasteiger partial charge is 0.483 e. The van der Waals surface area contributed by atoms with E-state index in [2.05, 4.69) is 4.74 Å². The Morgan fingerprint density at radius 1 is 0.882 bits per heavy atom. The summed E-state index contributed by atoms with van der Waals surface area (Å²) >= 11 is 0. The molecule has 0 spiro atoms. The SMILES string of the molecule is CC(C)=CCOc1c(F)c(F)c(F)c(F)c1F. The van der Waals surface area contributed by atoms with Gasteiger partial charge < -0.3 is 4.74 Å². The van der Waals surface area contributed by atoms with Gasteiger partial charge in [-0.25, -0.2) is 13.2 Å².